The summed E-state index contributed by atoms with van der Waals surface area (Å²) < 4.78 is 0. The number of fused-ring (bicyclic) bond motifs is 2. The molecule has 0 bridgehead atoms. The fraction of sp³-hybridized carbons (Fsp3) is 0.385. The average Bonchev–Trinajstić information content (AvgIpc) is 3.40. The molecule has 0 heterocycles. The van der Waals surface area contributed by atoms with Crippen LogP contribution in [0.25, 0.3) is 0 Å². The normalized spacial score (nSPS) is 16.3. The van der Waals surface area contributed by atoms with Crippen LogP contribution < -0.4 is 33.6 Å². The quantitative estimate of drug-likeness (QED) is 0.244. The fourth-order valence-corrected chi connectivity index (χ4v) is 5.11. The first kappa shape index (κ1) is 24.7. The molecular weight excluding hydrogens is 456 g/mol. The Kier molecular flexibility index (Phi) is 6.38. The number of carbonyl (C=O) groups excluding carboxylic acids is 2. The van der Waals surface area contributed by atoms with Crippen molar-refractivity contribution in [2.24, 2.45) is 10.8 Å². The van der Waals surface area contributed by atoms with E-state index in [0.717, 1.165) is 22.3 Å². The third kappa shape index (κ3) is 4.34. The summed E-state index contributed by atoms with van der Waals surface area (Å²) in [6.07, 6.45) is 2.38. The zero-order valence-corrected chi connectivity index (χ0v) is 20.0. The van der Waals surface area contributed by atoms with Crippen LogP contribution in [-0.4, -0.2) is 24.9 Å². The van der Waals surface area contributed by atoms with Crippen LogP contribution in [0.5, 0.6) is 0 Å². The molecule has 0 spiro atoms. The number of nitrogen functional groups attached to an aromatic ring is 4. The summed E-state index contributed by atoms with van der Waals surface area (Å²) in [7, 11) is 0. The maximum atomic E-state index is 12.9. The average molecular weight is 487 g/mol. The minimum atomic E-state index is -1.18. The number of nitrogens with two attached hydrogens (primary N) is 4. The highest BCUT2D eigenvalue weighted by atomic mass is 16.2. The summed E-state index contributed by atoms with van der Waals surface area (Å²) in [5, 5.41) is 25.3. The Hall–Kier alpha value is -4.44. The van der Waals surface area contributed by atoms with E-state index in [-0.39, 0.29) is 11.8 Å². The third-order valence-electron chi connectivity index (χ3n) is 7.25. The van der Waals surface area contributed by atoms with Gasteiger partial charge < -0.3 is 33.6 Å². The second kappa shape index (κ2) is 9.31. The molecule has 10 N–H and O–H groups in total. The molecule has 10 nitrogen and oxygen atoms in total. The van der Waals surface area contributed by atoms with E-state index in [2.05, 4.69) is 22.8 Å². The van der Waals surface area contributed by atoms with Crippen LogP contribution in [0.3, 0.4) is 0 Å². The number of hydrogen-bond donors (Lipinski definition) is 6. The Morgan fingerprint density at radius 3 is 1.19 bits per heavy atom. The zero-order chi connectivity index (χ0) is 26.1. The van der Waals surface area contributed by atoms with Crippen molar-refractivity contribution >= 4 is 34.6 Å². The van der Waals surface area contributed by atoms with E-state index in [9.17, 15) is 20.1 Å². The number of unbranched alkanes of at least 4 members (excludes halogenated alkanes) is 1. The molecule has 2 aromatic carbocycles. The standard InChI is InChI=1S/C26H30N8O2/c27-13-25(9-15-5-19(29)20(30)6-16(15)10-25)23(35)33-3-1-2-4-34-24(36)26(14-28)11-17-7-21(31)22(32)8-18(17)12-26/h5-8H,1-4,9-12,29-32H2,(H,33,35)(H,34,36). The molecule has 36 heavy (non-hydrogen) atoms. The molecule has 0 atom stereocenters. The second-order valence-corrected chi connectivity index (χ2v) is 9.81. The van der Waals surface area contributed by atoms with Crippen LogP contribution in [0.1, 0.15) is 35.1 Å². The van der Waals surface area contributed by atoms with Crippen LogP contribution in [0.15, 0.2) is 24.3 Å². The summed E-state index contributed by atoms with van der Waals surface area (Å²) >= 11 is 0. The Balaban J connectivity index is 1.24. The molecule has 2 aliphatic rings. The van der Waals surface area contributed by atoms with Crippen molar-refractivity contribution in [3.63, 3.8) is 0 Å². The van der Waals surface area contributed by atoms with Gasteiger partial charge in [-0.3, -0.25) is 9.59 Å². The van der Waals surface area contributed by atoms with Crippen molar-refractivity contribution in [3.8, 4) is 12.1 Å². The lowest BCUT2D eigenvalue weighted by Crippen LogP contribution is -2.42. The lowest BCUT2D eigenvalue weighted by Gasteiger charge is -2.20. The van der Waals surface area contributed by atoms with Crippen LogP contribution in [0.4, 0.5) is 22.7 Å². The lowest BCUT2D eigenvalue weighted by molar-refractivity contribution is -0.128. The Morgan fingerprint density at radius 2 is 0.944 bits per heavy atom. The topological polar surface area (TPSA) is 210 Å². The maximum absolute atomic E-state index is 12.9. The van der Waals surface area contributed by atoms with Crippen LogP contribution >= 0.6 is 0 Å². The number of nitrogens with zero attached hydrogens (tertiary/aromatic N) is 2. The molecule has 0 aliphatic heterocycles. The van der Waals surface area contributed by atoms with Crippen molar-refractivity contribution in [1.82, 2.24) is 10.6 Å². The van der Waals surface area contributed by atoms with Gasteiger partial charge in [0.25, 0.3) is 0 Å². The van der Waals surface area contributed by atoms with Crippen molar-refractivity contribution in [1.29, 1.82) is 10.5 Å². The predicted octanol–water partition coefficient (Wildman–Crippen LogP) is 0.945. The van der Waals surface area contributed by atoms with Crippen molar-refractivity contribution < 1.29 is 9.59 Å². The predicted molar refractivity (Wildman–Crippen MR) is 137 cm³/mol. The molecule has 4 rings (SSSR count). The monoisotopic (exact) mass is 486 g/mol. The van der Waals surface area contributed by atoms with Gasteiger partial charge in [-0.25, -0.2) is 0 Å². The molecule has 0 unspecified atom stereocenters. The van der Waals surface area contributed by atoms with Gasteiger partial charge in [0, 0.05) is 38.8 Å². The van der Waals surface area contributed by atoms with Crippen molar-refractivity contribution in [2.75, 3.05) is 36.0 Å². The van der Waals surface area contributed by atoms with Crippen molar-refractivity contribution in [3.05, 3.63) is 46.5 Å². The van der Waals surface area contributed by atoms with Gasteiger partial charge in [0.15, 0.2) is 0 Å². The highest BCUT2D eigenvalue weighted by molar-refractivity contribution is 5.88. The highest BCUT2D eigenvalue weighted by Gasteiger charge is 2.45. The molecule has 0 saturated carbocycles. The van der Waals surface area contributed by atoms with Gasteiger partial charge in [-0.1, -0.05) is 0 Å². The first-order valence-corrected chi connectivity index (χ1v) is 11.9. The van der Waals surface area contributed by atoms with Gasteiger partial charge in [0.2, 0.25) is 11.8 Å². The number of anilines is 4. The van der Waals surface area contributed by atoms with Gasteiger partial charge >= 0.3 is 0 Å². The minimum Gasteiger partial charge on any atom is -0.397 e. The Bertz CT molecular complexity index is 1160. The van der Waals surface area contributed by atoms with Crippen molar-refractivity contribution in [2.45, 2.75) is 38.5 Å². The van der Waals surface area contributed by atoms with E-state index < -0.39 is 10.8 Å². The molecule has 10 heteroatoms. The van der Waals surface area contributed by atoms with E-state index in [1.807, 2.05) is 0 Å². The van der Waals surface area contributed by atoms with E-state index in [1.165, 1.54) is 0 Å². The first-order valence-electron chi connectivity index (χ1n) is 11.9. The Labute approximate surface area is 209 Å². The minimum absolute atomic E-state index is 0.293. The molecule has 0 radical (unpaired) electrons. The zero-order valence-electron chi connectivity index (χ0n) is 20.0. The molecule has 0 aromatic heterocycles. The van der Waals surface area contributed by atoms with E-state index in [0.29, 0.717) is 74.4 Å². The fourth-order valence-electron chi connectivity index (χ4n) is 5.11. The van der Waals surface area contributed by atoms with Gasteiger partial charge in [0.1, 0.15) is 10.8 Å². The van der Waals surface area contributed by atoms with Crippen LogP contribution in [-0.2, 0) is 35.3 Å². The number of amides is 2. The number of benzene rings is 2. The summed E-state index contributed by atoms with van der Waals surface area (Å²) in [5.41, 5.74) is 26.4. The Morgan fingerprint density at radius 1 is 0.667 bits per heavy atom. The third-order valence-corrected chi connectivity index (χ3v) is 7.25. The van der Waals surface area contributed by atoms with Crippen LogP contribution in [0, 0.1) is 33.5 Å². The molecule has 2 amide bonds. The smallest absolute Gasteiger partial charge is 0.241 e. The van der Waals surface area contributed by atoms with Gasteiger partial charge in [-0.15, -0.1) is 0 Å². The van der Waals surface area contributed by atoms with E-state index in [4.69, 9.17) is 22.9 Å². The van der Waals surface area contributed by atoms with Gasteiger partial charge in [0.05, 0.1) is 34.9 Å². The summed E-state index contributed by atoms with van der Waals surface area (Å²) in [5.74, 6) is -0.652. The number of hydrogen-bond acceptors (Lipinski definition) is 8. The number of rotatable bonds is 7. The summed E-state index contributed by atoms with van der Waals surface area (Å²) in [4.78, 5) is 25.7. The van der Waals surface area contributed by atoms with Crippen LogP contribution in [0.2, 0.25) is 0 Å². The van der Waals surface area contributed by atoms with E-state index in [1.54, 1.807) is 24.3 Å². The van der Waals surface area contributed by atoms with E-state index >= 15 is 0 Å². The first-order chi connectivity index (χ1) is 17.1. The lowest BCUT2D eigenvalue weighted by atomic mass is 9.85. The number of carbonyl (C=O) groups is 2. The summed E-state index contributed by atoms with van der Waals surface area (Å²) in [6, 6.07) is 11.3. The SMILES string of the molecule is N#CC1(C(=O)NCCCCNC(=O)C2(C#N)Cc3cc(N)c(N)cc3C2)Cc2cc(N)c(N)cc2C1. The molecular formula is C26H30N8O2. The second-order valence-electron chi connectivity index (χ2n) is 9.81. The maximum Gasteiger partial charge on any atom is 0.241 e. The molecule has 2 aliphatic carbocycles. The molecule has 186 valence electrons. The van der Waals surface area contributed by atoms with Gasteiger partial charge in [-0.2, -0.15) is 10.5 Å². The summed E-state index contributed by atoms with van der Waals surface area (Å²) in [6.45, 7) is 0.734. The molecule has 2 aromatic rings. The van der Waals surface area contributed by atoms with Gasteiger partial charge in [-0.05, 0) is 59.4 Å². The number of nitrogens with one attached hydrogen (secondary N) is 2. The molecule has 0 saturated heterocycles. The molecule has 0 fully saturated rings. The highest BCUT2D eigenvalue weighted by Crippen LogP contribution is 2.40. The number of nitriles is 2. The largest absolute Gasteiger partial charge is 0.397 e.